The van der Waals surface area contributed by atoms with Gasteiger partial charge < -0.3 is 9.64 Å². The highest BCUT2D eigenvalue weighted by Crippen LogP contribution is 2.40. The molecule has 0 spiro atoms. The van der Waals surface area contributed by atoms with Crippen LogP contribution in [0.2, 0.25) is 0 Å². The van der Waals surface area contributed by atoms with E-state index in [9.17, 15) is 0 Å². The maximum absolute atomic E-state index is 5.41. The molecule has 0 N–H and O–H groups in total. The van der Waals surface area contributed by atoms with Gasteiger partial charge in [0.05, 0.1) is 13.2 Å². The van der Waals surface area contributed by atoms with Crippen LogP contribution in [0.4, 0.5) is 5.95 Å². The fourth-order valence-corrected chi connectivity index (χ4v) is 4.16. The summed E-state index contributed by atoms with van der Waals surface area (Å²) in [6.45, 7) is 6.20. The van der Waals surface area contributed by atoms with Gasteiger partial charge in [0.15, 0.2) is 9.50 Å². The molecule has 7 nitrogen and oxygen atoms in total. The topological polar surface area (TPSA) is 69.0 Å². The van der Waals surface area contributed by atoms with Crippen molar-refractivity contribution in [3.63, 3.8) is 0 Å². The summed E-state index contributed by atoms with van der Waals surface area (Å²) in [7, 11) is 0. The van der Waals surface area contributed by atoms with E-state index in [0.29, 0.717) is 5.92 Å². The molecule has 1 aliphatic carbocycles. The highest BCUT2D eigenvalue weighted by Gasteiger charge is 2.28. The summed E-state index contributed by atoms with van der Waals surface area (Å²) in [4.78, 5) is 6.86. The van der Waals surface area contributed by atoms with Crippen molar-refractivity contribution in [2.24, 2.45) is 0 Å². The number of rotatable bonds is 5. The van der Waals surface area contributed by atoms with Gasteiger partial charge in [0.25, 0.3) is 0 Å². The summed E-state index contributed by atoms with van der Waals surface area (Å²) in [5.41, 5.74) is 0. The minimum atomic E-state index is 0.596. The first-order chi connectivity index (χ1) is 10.8. The Morgan fingerprint density at radius 2 is 2.09 bits per heavy atom. The van der Waals surface area contributed by atoms with Gasteiger partial charge in [0, 0.05) is 25.6 Å². The first-order valence-electron chi connectivity index (χ1n) is 7.62. The number of anilines is 1. The minimum absolute atomic E-state index is 0.596. The van der Waals surface area contributed by atoms with Crippen LogP contribution < -0.4 is 4.90 Å². The Morgan fingerprint density at radius 3 is 2.82 bits per heavy atom. The fraction of sp³-hybridized carbons (Fsp3) is 0.692. The Morgan fingerprint density at radius 1 is 1.27 bits per heavy atom. The molecule has 2 fully saturated rings. The Kier molecular flexibility index (Phi) is 4.01. The van der Waals surface area contributed by atoms with Gasteiger partial charge in [-0.1, -0.05) is 0 Å². The Bertz CT molecular complexity index is 647. The molecule has 2 aliphatic rings. The molecule has 0 aromatic carbocycles. The lowest BCUT2D eigenvalue weighted by Crippen LogP contribution is -2.38. The van der Waals surface area contributed by atoms with E-state index in [1.807, 2.05) is 0 Å². The van der Waals surface area contributed by atoms with Crippen molar-refractivity contribution in [1.82, 2.24) is 24.1 Å². The quantitative estimate of drug-likeness (QED) is 0.826. The monoisotopic (exact) mass is 338 g/mol. The van der Waals surface area contributed by atoms with Crippen molar-refractivity contribution in [3.8, 4) is 0 Å². The molecule has 3 heterocycles. The van der Waals surface area contributed by atoms with E-state index in [2.05, 4.69) is 35.9 Å². The van der Waals surface area contributed by atoms with Crippen LogP contribution in [0.1, 0.15) is 31.5 Å². The molecule has 1 saturated carbocycles. The third-order valence-electron chi connectivity index (χ3n) is 3.85. The van der Waals surface area contributed by atoms with Crippen LogP contribution in [0.3, 0.4) is 0 Å². The highest BCUT2D eigenvalue weighted by molar-refractivity contribution is 8.00. The van der Waals surface area contributed by atoms with E-state index in [4.69, 9.17) is 4.74 Å². The molecule has 118 valence electrons. The lowest BCUT2D eigenvalue weighted by molar-refractivity contribution is 0.121. The Hall–Kier alpha value is -1.19. The number of hydrogen-bond donors (Lipinski definition) is 0. The second kappa shape index (κ2) is 6.13. The van der Waals surface area contributed by atoms with Gasteiger partial charge >= 0.3 is 0 Å². The average Bonchev–Trinajstić information content (AvgIpc) is 3.17. The van der Waals surface area contributed by atoms with Gasteiger partial charge in [-0.05, 0) is 43.1 Å². The van der Waals surface area contributed by atoms with Gasteiger partial charge in [-0.3, -0.25) is 4.57 Å². The van der Waals surface area contributed by atoms with Crippen molar-refractivity contribution < 1.29 is 4.74 Å². The maximum atomic E-state index is 5.41. The average molecular weight is 338 g/mol. The molecule has 0 unspecified atom stereocenters. The zero-order valence-electron chi connectivity index (χ0n) is 12.4. The molecule has 1 aliphatic heterocycles. The first kappa shape index (κ1) is 14.4. The zero-order chi connectivity index (χ0) is 14.9. The standard InChI is InChI=1S/C13H18N6OS2/c1-2-19-11(18-5-7-20-8-6-18)15-16-12(19)21-13-14-10(17-22-13)9-3-4-9/h9H,2-8H2,1H3. The summed E-state index contributed by atoms with van der Waals surface area (Å²) in [6, 6.07) is 0. The summed E-state index contributed by atoms with van der Waals surface area (Å²) >= 11 is 3.03. The predicted octanol–water partition coefficient (Wildman–Crippen LogP) is 2.01. The van der Waals surface area contributed by atoms with Crippen molar-refractivity contribution in [2.75, 3.05) is 31.2 Å². The van der Waals surface area contributed by atoms with E-state index in [1.54, 1.807) is 11.8 Å². The SMILES string of the molecule is CCn1c(Sc2nc(C3CC3)ns2)nnc1N1CCOCC1. The minimum Gasteiger partial charge on any atom is -0.378 e. The number of morpholine rings is 1. The molecule has 0 atom stereocenters. The zero-order valence-corrected chi connectivity index (χ0v) is 14.1. The van der Waals surface area contributed by atoms with Crippen molar-refractivity contribution in [1.29, 1.82) is 0 Å². The maximum Gasteiger partial charge on any atom is 0.228 e. The molecule has 0 amide bonds. The van der Waals surface area contributed by atoms with E-state index < -0.39 is 0 Å². The third kappa shape index (κ3) is 2.84. The predicted molar refractivity (Wildman–Crippen MR) is 84.7 cm³/mol. The van der Waals surface area contributed by atoms with Crippen LogP contribution in [-0.2, 0) is 11.3 Å². The normalized spacial score (nSPS) is 18.9. The van der Waals surface area contributed by atoms with Crippen molar-refractivity contribution in [2.45, 2.75) is 41.7 Å². The van der Waals surface area contributed by atoms with E-state index in [1.165, 1.54) is 24.4 Å². The molecule has 2 aromatic heterocycles. The molecule has 2 aromatic rings. The smallest absolute Gasteiger partial charge is 0.228 e. The van der Waals surface area contributed by atoms with E-state index in [-0.39, 0.29) is 0 Å². The van der Waals surface area contributed by atoms with Crippen LogP contribution in [-0.4, -0.2) is 50.4 Å². The second-order valence-corrected chi connectivity index (χ2v) is 7.39. The molecular weight excluding hydrogens is 320 g/mol. The number of nitrogens with zero attached hydrogens (tertiary/aromatic N) is 6. The first-order valence-corrected chi connectivity index (χ1v) is 9.21. The summed E-state index contributed by atoms with van der Waals surface area (Å²) in [5, 5.41) is 9.63. The van der Waals surface area contributed by atoms with Crippen LogP contribution in [0.15, 0.2) is 9.50 Å². The van der Waals surface area contributed by atoms with Crippen LogP contribution in [0, 0.1) is 0 Å². The van der Waals surface area contributed by atoms with Crippen molar-refractivity contribution >= 4 is 29.2 Å². The van der Waals surface area contributed by atoms with Gasteiger partial charge in [-0.2, -0.15) is 4.37 Å². The summed E-state index contributed by atoms with van der Waals surface area (Å²) in [6.07, 6.45) is 2.46. The molecule has 22 heavy (non-hydrogen) atoms. The second-order valence-electron chi connectivity index (χ2n) is 5.42. The molecule has 0 bridgehead atoms. The van der Waals surface area contributed by atoms with Gasteiger partial charge in [0.2, 0.25) is 5.95 Å². The van der Waals surface area contributed by atoms with Crippen LogP contribution >= 0.6 is 23.3 Å². The Labute approximate surface area is 137 Å². The Balaban J connectivity index is 1.54. The molecule has 1 saturated heterocycles. The molecule has 4 rings (SSSR count). The fourth-order valence-electron chi connectivity index (χ4n) is 2.48. The lowest BCUT2D eigenvalue weighted by atomic mass is 10.4. The van der Waals surface area contributed by atoms with E-state index >= 15 is 0 Å². The lowest BCUT2D eigenvalue weighted by Gasteiger charge is -2.27. The summed E-state index contributed by atoms with van der Waals surface area (Å²) in [5.74, 6) is 2.53. The number of ether oxygens (including phenoxy) is 1. The van der Waals surface area contributed by atoms with Crippen LogP contribution in [0.25, 0.3) is 0 Å². The summed E-state index contributed by atoms with van der Waals surface area (Å²) < 4.78 is 13.0. The van der Waals surface area contributed by atoms with Gasteiger partial charge in [-0.25, -0.2) is 4.98 Å². The molecule has 0 radical (unpaired) electrons. The van der Waals surface area contributed by atoms with Gasteiger partial charge in [-0.15, -0.1) is 10.2 Å². The van der Waals surface area contributed by atoms with E-state index in [0.717, 1.165) is 54.1 Å². The number of aromatic nitrogens is 5. The third-order valence-corrected chi connectivity index (χ3v) is 5.60. The molecule has 9 heteroatoms. The largest absolute Gasteiger partial charge is 0.378 e. The highest BCUT2D eigenvalue weighted by atomic mass is 32.2. The number of hydrogen-bond acceptors (Lipinski definition) is 8. The van der Waals surface area contributed by atoms with Gasteiger partial charge in [0.1, 0.15) is 5.82 Å². The van der Waals surface area contributed by atoms with Crippen molar-refractivity contribution in [3.05, 3.63) is 5.82 Å². The van der Waals surface area contributed by atoms with Crippen LogP contribution in [0.5, 0.6) is 0 Å². The molecular formula is C13H18N6OS2.